The molecule has 0 radical (unpaired) electrons. The second kappa shape index (κ2) is 8.08. The smallest absolute Gasteiger partial charge is 0.270 e. The topological polar surface area (TPSA) is 62.3 Å². The minimum atomic E-state index is -0.435. The first-order valence-corrected chi connectivity index (χ1v) is 8.81. The summed E-state index contributed by atoms with van der Waals surface area (Å²) >= 11 is 0. The number of hydrogen-bond donors (Lipinski definition) is 1. The Bertz CT molecular complexity index is 809. The summed E-state index contributed by atoms with van der Waals surface area (Å²) < 4.78 is 13.6. The highest BCUT2D eigenvalue weighted by Gasteiger charge is 2.22. The number of amides is 2. The number of aromatic nitrogens is 1. The van der Waals surface area contributed by atoms with Crippen molar-refractivity contribution < 1.29 is 14.0 Å². The third-order valence-electron chi connectivity index (χ3n) is 4.58. The molecule has 1 fully saturated rings. The number of nitrogens with zero attached hydrogens (tertiary/aromatic N) is 2. The van der Waals surface area contributed by atoms with Gasteiger partial charge in [-0.25, -0.2) is 4.39 Å². The van der Waals surface area contributed by atoms with Crippen LogP contribution in [0.15, 0.2) is 42.6 Å². The van der Waals surface area contributed by atoms with E-state index in [-0.39, 0.29) is 24.0 Å². The van der Waals surface area contributed by atoms with Crippen LogP contribution in [0, 0.1) is 11.7 Å². The summed E-state index contributed by atoms with van der Waals surface area (Å²) in [5, 5.41) is 2.64. The van der Waals surface area contributed by atoms with Crippen LogP contribution in [0.1, 0.15) is 46.2 Å². The fraction of sp³-hybridized carbons (Fsp3) is 0.350. The monoisotopic (exact) mass is 355 g/mol. The van der Waals surface area contributed by atoms with Gasteiger partial charge >= 0.3 is 0 Å². The Balaban J connectivity index is 1.67. The maximum Gasteiger partial charge on any atom is 0.270 e. The summed E-state index contributed by atoms with van der Waals surface area (Å²) in [6.07, 6.45) is 3.58. The molecular formula is C20H22FN3O2. The number of carbonyl (C=O) groups is 2. The lowest BCUT2D eigenvalue weighted by Gasteiger charge is -2.31. The van der Waals surface area contributed by atoms with E-state index in [9.17, 15) is 14.0 Å². The number of rotatable bonds is 4. The zero-order valence-electron chi connectivity index (χ0n) is 14.7. The van der Waals surface area contributed by atoms with Gasteiger partial charge in [0.1, 0.15) is 11.5 Å². The number of piperidine rings is 1. The SMILES string of the molecule is CC1CCCN(C(=O)c2ccnc(C(=O)NCc3ccccc3F)c2)C1. The van der Waals surface area contributed by atoms with Crippen molar-refractivity contribution in [2.45, 2.75) is 26.3 Å². The van der Waals surface area contributed by atoms with Gasteiger partial charge in [-0.1, -0.05) is 25.1 Å². The molecule has 1 aliphatic heterocycles. The molecule has 136 valence electrons. The van der Waals surface area contributed by atoms with Gasteiger partial charge in [0.05, 0.1) is 0 Å². The Morgan fingerprint density at radius 1 is 1.31 bits per heavy atom. The molecule has 2 amide bonds. The first kappa shape index (κ1) is 18.0. The van der Waals surface area contributed by atoms with Gasteiger partial charge in [0.15, 0.2) is 0 Å². The molecule has 5 nitrogen and oxygen atoms in total. The highest BCUT2D eigenvalue weighted by molar-refractivity contribution is 5.98. The van der Waals surface area contributed by atoms with Crippen LogP contribution < -0.4 is 5.32 Å². The molecule has 1 N–H and O–H groups in total. The van der Waals surface area contributed by atoms with Crippen LogP contribution in [0.3, 0.4) is 0 Å². The van der Waals surface area contributed by atoms with Gasteiger partial charge in [-0.05, 0) is 37.0 Å². The summed E-state index contributed by atoms with van der Waals surface area (Å²) in [6.45, 7) is 3.67. The zero-order chi connectivity index (χ0) is 18.5. The Morgan fingerprint density at radius 3 is 2.88 bits per heavy atom. The van der Waals surface area contributed by atoms with Crippen molar-refractivity contribution in [3.63, 3.8) is 0 Å². The highest BCUT2D eigenvalue weighted by atomic mass is 19.1. The minimum absolute atomic E-state index is 0.0645. The van der Waals surface area contributed by atoms with Crippen LogP contribution in [-0.2, 0) is 6.54 Å². The van der Waals surface area contributed by atoms with Gasteiger partial charge in [-0.15, -0.1) is 0 Å². The predicted molar refractivity (Wildman–Crippen MR) is 96.1 cm³/mol. The lowest BCUT2D eigenvalue weighted by Crippen LogP contribution is -2.39. The molecule has 1 aliphatic rings. The molecule has 1 aromatic heterocycles. The van der Waals surface area contributed by atoms with E-state index in [1.165, 1.54) is 18.3 Å². The maximum absolute atomic E-state index is 13.6. The van der Waals surface area contributed by atoms with E-state index < -0.39 is 5.91 Å². The molecule has 6 heteroatoms. The molecule has 1 aromatic carbocycles. The van der Waals surface area contributed by atoms with Gasteiger partial charge in [0, 0.05) is 37.0 Å². The highest BCUT2D eigenvalue weighted by Crippen LogP contribution is 2.18. The fourth-order valence-electron chi connectivity index (χ4n) is 3.15. The number of hydrogen-bond acceptors (Lipinski definition) is 3. The predicted octanol–water partition coefficient (Wildman–Crippen LogP) is 3.02. The van der Waals surface area contributed by atoms with Crippen molar-refractivity contribution in [3.05, 3.63) is 65.2 Å². The number of pyridine rings is 1. The summed E-state index contributed by atoms with van der Waals surface area (Å²) in [5.41, 5.74) is 0.998. The van der Waals surface area contributed by atoms with E-state index in [2.05, 4.69) is 17.2 Å². The van der Waals surface area contributed by atoms with Crippen LogP contribution in [0.5, 0.6) is 0 Å². The maximum atomic E-state index is 13.6. The minimum Gasteiger partial charge on any atom is -0.347 e. The first-order chi connectivity index (χ1) is 12.5. The fourth-order valence-corrected chi connectivity index (χ4v) is 3.15. The van der Waals surface area contributed by atoms with Crippen LogP contribution in [0.4, 0.5) is 4.39 Å². The second-order valence-corrected chi connectivity index (χ2v) is 6.70. The normalized spacial score (nSPS) is 17.0. The molecule has 1 saturated heterocycles. The van der Waals surface area contributed by atoms with Crippen LogP contribution in [-0.4, -0.2) is 34.8 Å². The number of carbonyl (C=O) groups excluding carboxylic acids is 2. The van der Waals surface area contributed by atoms with Crippen molar-refractivity contribution in [3.8, 4) is 0 Å². The number of benzene rings is 1. The summed E-state index contributed by atoms with van der Waals surface area (Å²) in [7, 11) is 0. The van der Waals surface area contributed by atoms with E-state index in [4.69, 9.17) is 0 Å². The lowest BCUT2D eigenvalue weighted by atomic mass is 9.99. The Labute approximate surface area is 152 Å². The van der Waals surface area contributed by atoms with Crippen LogP contribution in [0.2, 0.25) is 0 Å². The van der Waals surface area contributed by atoms with E-state index in [1.807, 2.05) is 4.90 Å². The lowest BCUT2D eigenvalue weighted by molar-refractivity contribution is 0.0683. The van der Waals surface area contributed by atoms with Crippen LogP contribution in [0.25, 0.3) is 0 Å². The molecule has 0 saturated carbocycles. The Morgan fingerprint density at radius 2 is 2.12 bits per heavy atom. The molecule has 1 atom stereocenters. The van der Waals surface area contributed by atoms with E-state index in [1.54, 1.807) is 24.3 Å². The summed E-state index contributed by atoms with van der Waals surface area (Å²) in [5.74, 6) is -0.404. The van der Waals surface area contributed by atoms with Crippen molar-refractivity contribution in [2.75, 3.05) is 13.1 Å². The molecule has 2 heterocycles. The third kappa shape index (κ3) is 4.25. The molecular weight excluding hydrogens is 333 g/mol. The van der Waals surface area contributed by atoms with E-state index in [0.29, 0.717) is 17.0 Å². The largest absolute Gasteiger partial charge is 0.347 e. The Hall–Kier alpha value is -2.76. The number of likely N-dealkylation sites (tertiary alicyclic amines) is 1. The number of nitrogens with one attached hydrogen (secondary N) is 1. The van der Waals surface area contributed by atoms with Crippen LogP contribution >= 0.6 is 0 Å². The number of halogens is 1. The standard InChI is InChI=1S/C20H22FN3O2/c1-14-5-4-10-24(13-14)20(26)15-8-9-22-18(11-15)19(25)23-12-16-6-2-3-7-17(16)21/h2-3,6-9,11,14H,4-5,10,12-13H2,1H3,(H,23,25). The first-order valence-electron chi connectivity index (χ1n) is 8.81. The van der Waals surface area contributed by atoms with Gasteiger partial charge in [-0.3, -0.25) is 14.6 Å². The zero-order valence-corrected chi connectivity index (χ0v) is 14.7. The van der Waals surface area contributed by atoms with Crippen molar-refractivity contribution in [1.82, 2.24) is 15.2 Å². The van der Waals surface area contributed by atoms with Gasteiger partial charge in [0.25, 0.3) is 11.8 Å². The van der Waals surface area contributed by atoms with Gasteiger partial charge in [0.2, 0.25) is 0 Å². The average molecular weight is 355 g/mol. The van der Waals surface area contributed by atoms with E-state index in [0.717, 1.165) is 25.9 Å². The molecule has 0 spiro atoms. The molecule has 0 bridgehead atoms. The van der Waals surface area contributed by atoms with E-state index >= 15 is 0 Å². The van der Waals surface area contributed by atoms with Crippen molar-refractivity contribution >= 4 is 11.8 Å². The van der Waals surface area contributed by atoms with Gasteiger partial charge < -0.3 is 10.2 Å². The van der Waals surface area contributed by atoms with Gasteiger partial charge in [-0.2, -0.15) is 0 Å². The second-order valence-electron chi connectivity index (χ2n) is 6.70. The molecule has 3 rings (SSSR count). The van der Waals surface area contributed by atoms with Crippen molar-refractivity contribution in [2.24, 2.45) is 5.92 Å². The molecule has 26 heavy (non-hydrogen) atoms. The van der Waals surface area contributed by atoms with Crippen molar-refractivity contribution in [1.29, 1.82) is 0 Å². The molecule has 0 aliphatic carbocycles. The quantitative estimate of drug-likeness (QED) is 0.917. The summed E-state index contributed by atoms with van der Waals surface area (Å²) in [6, 6.07) is 9.38. The third-order valence-corrected chi connectivity index (χ3v) is 4.58. The molecule has 2 aromatic rings. The Kier molecular flexibility index (Phi) is 5.61. The summed E-state index contributed by atoms with van der Waals surface area (Å²) in [4.78, 5) is 30.8. The molecule has 1 unspecified atom stereocenters. The average Bonchev–Trinajstić information content (AvgIpc) is 2.66.